The van der Waals surface area contributed by atoms with E-state index in [1.807, 2.05) is 19.3 Å². The van der Waals surface area contributed by atoms with Crippen LogP contribution in [0, 0.1) is 12.8 Å². The van der Waals surface area contributed by atoms with Crippen LogP contribution >= 0.6 is 0 Å². The number of rotatable bonds is 6. The summed E-state index contributed by atoms with van der Waals surface area (Å²) in [5.74, 6) is 1.45. The lowest BCUT2D eigenvalue weighted by Gasteiger charge is -2.20. The Morgan fingerprint density at radius 3 is 2.59 bits per heavy atom. The highest BCUT2D eigenvalue weighted by atomic mass is 16.5. The number of ether oxygens (including phenoxy) is 1. The third-order valence-electron chi connectivity index (χ3n) is 5.74. The highest BCUT2D eigenvalue weighted by Gasteiger charge is 2.28. The minimum Gasteiger partial charge on any atom is -0.477 e. The van der Waals surface area contributed by atoms with E-state index in [1.165, 1.54) is 35.1 Å². The van der Waals surface area contributed by atoms with Crippen LogP contribution in [-0.4, -0.2) is 21.5 Å². The van der Waals surface area contributed by atoms with E-state index < -0.39 is 0 Å². The zero-order chi connectivity index (χ0) is 19.8. The Hall–Kier alpha value is -3.14. The smallest absolute Gasteiger partial charge is 0.223 e. The third-order valence-corrected chi connectivity index (χ3v) is 5.74. The van der Waals surface area contributed by atoms with Gasteiger partial charge in [-0.3, -0.25) is 4.98 Å². The summed E-state index contributed by atoms with van der Waals surface area (Å²) in [5, 5.41) is 0. The number of fused-ring (bicyclic) bond motifs is 1. The molecule has 4 heteroatoms. The van der Waals surface area contributed by atoms with Crippen molar-refractivity contribution in [1.29, 1.82) is 0 Å². The van der Waals surface area contributed by atoms with Crippen LogP contribution in [0.25, 0.3) is 16.8 Å². The molecule has 4 nitrogen and oxygen atoms in total. The maximum atomic E-state index is 6.01. The van der Waals surface area contributed by atoms with Crippen LogP contribution in [0.3, 0.4) is 0 Å². The first-order chi connectivity index (χ1) is 14.2. The second-order valence-corrected chi connectivity index (χ2v) is 8.09. The molecule has 5 rings (SSSR count). The van der Waals surface area contributed by atoms with Crippen molar-refractivity contribution in [2.45, 2.75) is 32.9 Å². The predicted octanol–water partition coefficient (Wildman–Crippen LogP) is 5.23. The highest BCUT2D eigenvalue weighted by molar-refractivity contribution is 5.72. The van der Waals surface area contributed by atoms with Gasteiger partial charge in [0.05, 0.1) is 12.2 Å². The number of aryl methyl sites for hydroxylation is 1. The molecule has 1 saturated carbocycles. The lowest BCUT2D eigenvalue weighted by Crippen LogP contribution is -2.14. The lowest BCUT2D eigenvalue weighted by atomic mass is 10.0. The molecule has 0 N–H and O–H groups in total. The van der Waals surface area contributed by atoms with Gasteiger partial charge in [-0.15, -0.1) is 0 Å². The Morgan fingerprint density at radius 2 is 1.83 bits per heavy atom. The molecule has 0 bridgehead atoms. The van der Waals surface area contributed by atoms with Crippen molar-refractivity contribution in [3.63, 3.8) is 0 Å². The third kappa shape index (κ3) is 3.75. The fraction of sp³-hybridized carbons (Fsp3) is 0.280. The standard InChI is InChI=1S/C25H25N3O/c1-17-13-22(9-11-26-17)21-7-5-19(6-8-21)14-28-15-23-10-12-27-25(24(23)18(28)2)29-16-20-3-4-20/h5-13,20H,2-4,14-16H2,1H3. The molecule has 1 aliphatic carbocycles. The van der Waals surface area contributed by atoms with Gasteiger partial charge in [-0.25, -0.2) is 4.98 Å². The predicted molar refractivity (Wildman–Crippen MR) is 115 cm³/mol. The number of pyridine rings is 2. The van der Waals surface area contributed by atoms with E-state index in [1.54, 1.807) is 0 Å². The molecule has 1 fully saturated rings. The fourth-order valence-corrected chi connectivity index (χ4v) is 3.87. The minimum absolute atomic E-state index is 0.709. The summed E-state index contributed by atoms with van der Waals surface area (Å²) < 4.78 is 6.01. The van der Waals surface area contributed by atoms with Gasteiger partial charge in [0.2, 0.25) is 5.88 Å². The van der Waals surface area contributed by atoms with E-state index in [-0.39, 0.29) is 0 Å². The normalized spacial score (nSPS) is 15.5. The van der Waals surface area contributed by atoms with Crippen molar-refractivity contribution in [2.24, 2.45) is 5.92 Å². The molecule has 0 spiro atoms. The molecule has 0 atom stereocenters. The zero-order valence-electron chi connectivity index (χ0n) is 16.8. The molecule has 0 saturated heterocycles. The van der Waals surface area contributed by atoms with E-state index in [9.17, 15) is 0 Å². The van der Waals surface area contributed by atoms with Gasteiger partial charge in [0, 0.05) is 36.9 Å². The maximum Gasteiger partial charge on any atom is 0.223 e. The number of hydrogen-bond donors (Lipinski definition) is 0. The average Bonchev–Trinajstić information content (AvgIpc) is 3.51. The van der Waals surface area contributed by atoms with E-state index in [4.69, 9.17) is 4.74 Å². The molecule has 2 aliphatic rings. The summed E-state index contributed by atoms with van der Waals surface area (Å²) in [6.45, 7) is 8.81. The Bertz CT molecular complexity index is 1050. The van der Waals surface area contributed by atoms with Crippen LogP contribution in [0.4, 0.5) is 0 Å². The highest BCUT2D eigenvalue weighted by Crippen LogP contribution is 2.39. The summed E-state index contributed by atoms with van der Waals surface area (Å²) in [6.07, 6.45) is 6.26. The van der Waals surface area contributed by atoms with Crippen LogP contribution in [0.1, 0.15) is 35.2 Å². The van der Waals surface area contributed by atoms with E-state index in [2.05, 4.69) is 63.9 Å². The summed E-state index contributed by atoms with van der Waals surface area (Å²) in [7, 11) is 0. The molecule has 3 heterocycles. The molecule has 2 aromatic heterocycles. The number of aromatic nitrogens is 2. The van der Waals surface area contributed by atoms with E-state index >= 15 is 0 Å². The molecule has 1 aromatic carbocycles. The molecule has 1 aliphatic heterocycles. The van der Waals surface area contributed by atoms with Crippen LogP contribution in [0.5, 0.6) is 5.88 Å². The lowest BCUT2D eigenvalue weighted by molar-refractivity contribution is 0.287. The quantitative estimate of drug-likeness (QED) is 0.584. The molecule has 3 aromatic rings. The van der Waals surface area contributed by atoms with Crippen molar-refractivity contribution in [3.8, 4) is 17.0 Å². The van der Waals surface area contributed by atoms with Crippen molar-refractivity contribution in [2.75, 3.05) is 6.61 Å². The fourth-order valence-electron chi connectivity index (χ4n) is 3.87. The van der Waals surface area contributed by atoms with Gasteiger partial charge in [-0.05, 0) is 66.1 Å². The summed E-state index contributed by atoms with van der Waals surface area (Å²) in [4.78, 5) is 11.1. The number of benzene rings is 1. The molecule has 146 valence electrons. The Kier molecular flexibility index (Phi) is 4.55. The molecule has 0 unspecified atom stereocenters. The van der Waals surface area contributed by atoms with E-state index in [0.717, 1.165) is 42.5 Å². The monoisotopic (exact) mass is 383 g/mol. The summed E-state index contributed by atoms with van der Waals surface area (Å²) >= 11 is 0. The van der Waals surface area contributed by atoms with Gasteiger partial charge in [0.25, 0.3) is 0 Å². The van der Waals surface area contributed by atoms with Crippen molar-refractivity contribution < 1.29 is 4.74 Å². The van der Waals surface area contributed by atoms with Crippen molar-refractivity contribution in [1.82, 2.24) is 14.9 Å². The SMILES string of the molecule is C=C1c2c(ccnc2OCC2CC2)CN1Cc1ccc(-c2ccnc(C)c2)cc1. The topological polar surface area (TPSA) is 38.2 Å². The first kappa shape index (κ1) is 17.9. The largest absolute Gasteiger partial charge is 0.477 e. The minimum atomic E-state index is 0.709. The zero-order valence-corrected chi connectivity index (χ0v) is 16.8. The Balaban J connectivity index is 1.30. The summed E-state index contributed by atoms with van der Waals surface area (Å²) in [5.41, 5.74) is 8.05. The number of hydrogen-bond acceptors (Lipinski definition) is 4. The van der Waals surface area contributed by atoms with Gasteiger partial charge in [-0.1, -0.05) is 30.8 Å². The molecular weight excluding hydrogens is 358 g/mol. The molecular formula is C25H25N3O. The van der Waals surface area contributed by atoms with Gasteiger partial charge in [-0.2, -0.15) is 0 Å². The van der Waals surface area contributed by atoms with Crippen LogP contribution in [0.2, 0.25) is 0 Å². The van der Waals surface area contributed by atoms with Crippen molar-refractivity contribution in [3.05, 3.63) is 83.8 Å². The second-order valence-electron chi connectivity index (χ2n) is 8.09. The molecule has 29 heavy (non-hydrogen) atoms. The first-order valence-corrected chi connectivity index (χ1v) is 10.2. The second kappa shape index (κ2) is 7.36. The first-order valence-electron chi connectivity index (χ1n) is 10.2. The maximum absolute atomic E-state index is 6.01. The van der Waals surface area contributed by atoms with Gasteiger partial charge >= 0.3 is 0 Å². The Morgan fingerprint density at radius 1 is 1.03 bits per heavy atom. The van der Waals surface area contributed by atoms with E-state index in [0.29, 0.717) is 5.92 Å². The van der Waals surface area contributed by atoms with Gasteiger partial charge in [0.15, 0.2) is 0 Å². The van der Waals surface area contributed by atoms with Gasteiger partial charge < -0.3 is 9.64 Å². The van der Waals surface area contributed by atoms with Crippen LogP contribution < -0.4 is 4.74 Å². The Labute approximate surface area is 171 Å². The van der Waals surface area contributed by atoms with Crippen molar-refractivity contribution >= 4 is 5.70 Å². The molecule has 0 radical (unpaired) electrons. The average molecular weight is 383 g/mol. The van der Waals surface area contributed by atoms with Crippen LogP contribution in [-0.2, 0) is 13.1 Å². The summed E-state index contributed by atoms with van der Waals surface area (Å²) in [6, 6.07) is 15.0. The van der Waals surface area contributed by atoms with Gasteiger partial charge in [0.1, 0.15) is 0 Å². The molecule has 0 amide bonds. The number of nitrogens with zero attached hydrogens (tertiary/aromatic N) is 3. The van der Waals surface area contributed by atoms with Crippen LogP contribution in [0.15, 0.2) is 61.4 Å².